The monoisotopic (exact) mass is 1000 g/mol. The van der Waals surface area contributed by atoms with Crippen molar-refractivity contribution in [1.29, 1.82) is 0 Å². The zero-order valence-corrected chi connectivity index (χ0v) is 44.9. The molecule has 1 amide bonds. The number of ether oxygens (including phenoxy) is 2. The van der Waals surface area contributed by atoms with Gasteiger partial charge in [-0.05, 0) is 109 Å². The fraction of sp³-hybridized carbons (Fsp3) is 0.603. The summed E-state index contributed by atoms with van der Waals surface area (Å²) in [6, 6.07) is -0.839. The molecule has 406 valence electrons. The molecule has 0 aromatic carbocycles. The highest BCUT2D eigenvalue weighted by Crippen LogP contribution is 2.22. The molecule has 0 radical (unpaired) electrons. The van der Waals surface area contributed by atoms with E-state index in [1.807, 2.05) is 6.08 Å². The number of carbonyl (C=O) groups excluding carboxylic acids is 1. The molecule has 1 heterocycles. The van der Waals surface area contributed by atoms with Crippen LogP contribution in [0.3, 0.4) is 0 Å². The van der Waals surface area contributed by atoms with Gasteiger partial charge in [-0.3, -0.25) is 4.79 Å². The van der Waals surface area contributed by atoms with Crippen LogP contribution >= 0.6 is 0 Å². The minimum absolute atomic E-state index is 0.210. The largest absolute Gasteiger partial charge is 0.394 e. The zero-order valence-electron chi connectivity index (χ0n) is 44.9. The molecule has 1 saturated heterocycles. The maximum Gasteiger partial charge on any atom is 0.220 e. The van der Waals surface area contributed by atoms with Crippen molar-refractivity contribution in [3.63, 3.8) is 0 Å². The second-order valence-corrected chi connectivity index (χ2v) is 18.6. The van der Waals surface area contributed by atoms with Crippen molar-refractivity contribution in [3.8, 4) is 0 Å². The lowest BCUT2D eigenvalue weighted by atomic mass is 9.99. The number of nitrogens with one attached hydrogen (secondary N) is 1. The van der Waals surface area contributed by atoms with Crippen molar-refractivity contribution in [1.82, 2.24) is 5.32 Å². The van der Waals surface area contributed by atoms with Crippen LogP contribution in [0.25, 0.3) is 0 Å². The summed E-state index contributed by atoms with van der Waals surface area (Å²) in [5.41, 5.74) is 0. The quantitative estimate of drug-likeness (QED) is 0.0261. The third kappa shape index (κ3) is 39.6. The number of rotatable bonds is 45. The number of amides is 1. The summed E-state index contributed by atoms with van der Waals surface area (Å²) in [5, 5.41) is 54.3. The van der Waals surface area contributed by atoms with E-state index in [1.54, 1.807) is 6.08 Å². The van der Waals surface area contributed by atoms with Crippen molar-refractivity contribution in [2.75, 3.05) is 13.2 Å². The molecule has 0 saturated carbocycles. The molecular formula is C63H101NO8. The van der Waals surface area contributed by atoms with E-state index in [9.17, 15) is 30.3 Å². The molecular weight excluding hydrogens is 899 g/mol. The van der Waals surface area contributed by atoms with Crippen LogP contribution in [0.15, 0.2) is 146 Å². The number of hydrogen-bond acceptors (Lipinski definition) is 8. The van der Waals surface area contributed by atoms with E-state index in [0.717, 1.165) is 128 Å². The van der Waals surface area contributed by atoms with Gasteiger partial charge in [0.15, 0.2) is 6.29 Å². The highest BCUT2D eigenvalue weighted by atomic mass is 16.7. The molecule has 7 atom stereocenters. The Hall–Kier alpha value is -3.93. The Morgan fingerprint density at radius 2 is 0.875 bits per heavy atom. The fourth-order valence-corrected chi connectivity index (χ4v) is 7.73. The van der Waals surface area contributed by atoms with Crippen molar-refractivity contribution in [3.05, 3.63) is 146 Å². The van der Waals surface area contributed by atoms with Gasteiger partial charge < -0.3 is 40.3 Å². The van der Waals surface area contributed by atoms with E-state index >= 15 is 0 Å². The molecule has 72 heavy (non-hydrogen) atoms. The predicted molar refractivity (Wildman–Crippen MR) is 303 cm³/mol. The van der Waals surface area contributed by atoms with Crippen LogP contribution < -0.4 is 5.32 Å². The topological polar surface area (TPSA) is 149 Å². The zero-order chi connectivity index (χ0) is 52.2. The van der Waals surface area contributed by atoms with Crippen molar-refractivity contribution < 1.29 is 39.8 Å². The maximum atomic E-state index is 13.0. The minimum atomic E-state index is -1.58. The molecule has 7 unspecified atom stereocenters. The molecule has 9 nitrogen and oxygen atoms in total. The SMILES string of the molecule is CC/C=C\C/C=C\C/C=C\C/C=C\C/C=C\C/C=C\C/C=C\C/C=C\C/C=C\C/C=C\CCCCCCCCC(=O)NC(COC1OC(CO)C(O)C(O)C1O)C(O)/C=C/CC/C=C/CCCCCCCC. The Morgan fingerprint density at radius 3 is 1.33 bits per heavy atom. The smallest absolute Gasteiger partial charge is 0.220 e. The number of carbonyl (C=O) groups is 1. The van der Waals surface area contributed by atoms with Crippen molar-refractivity contribution >= 4 is 5.91 Å². The Bertz CT molecular complexity index is 1630. The van der Waals surface area contributed by atoms with Gasteiger partial charge in [0, 0.05) is 6.42 Å². The first kappa shape index (κ1) is 66.1. The lowest BCUT2D eigenvalue weighted by Crippen LogP contribution is -2.60. The predicted octanol–water partition coefficient (Wildman–Crippen LogP) is 13.9. The second kappa shape index (κ2) is 50.6. The van der Waals surface area contributed by atoms with E-state index in [2.05, 4.69) is 153 Å². The number of aliphatic hydroxyl groups is 5. The third-order valence-corrected chi connectivity index (χ3v) is 12.1. The standard InChI is InChI=1S/C63H101NO8/c1-3-5-7-9-11-13-15-17-18-19-20-21-22-23-24-25-26-27-28-29-30-31-32-33-34-35-36-37-38-39-40-41-43-45-47-49-51-53-59(67)64-56(55-71-63-62(70)61(69)60(68)58(54-65)72-63)57(66)52-50-48-46-44-42-16-14-12-10-8-6-4-2/h5,7,11,13,17-18,20-21,23-24,26-27,29-30,32-33,35-36,38-39,42,44,50,52,56-58,60-63,65-66,68-70H,3-4,6,8-10,12,14-16,19,22,25,28,31,34,37,40-41,43,45-49,51,53-55H2,1-2H3,(H,64,67)/b7-5-,13-11-,18-17-,21-20-,24-23-,27-26-,30-29-,33-32-,36-35-,39-38-,44-42+,52-50+. The second-order valence-electron chi connectivity index (χ2n) is 18.6. The summed E-state index contributed by atoms with van der Waals surface area (Å²) >= 11 is 0. The van der Waals surface area contributed by atoms with Crippen LogP contribution in [-0.4, -0.2) is 87.5 Å². The van der Waals surface area contributed by atoms with Crippen LogP contribution in [-0.2, 0) is 14.3 Å². The lowest BCUT2D eigenvalue weighted by molar-refractivity contribution is -0.302. The first-order valence-corrected chi connectivity index (χ1v) is 28.1. The number of allylic oxidation sites excluding steroid dienone is 23. The highest BCUT2D eigenvalue weighted by molar-refractivity contribution is 5.76. The molecule has 1 rings (SSSR count). The molecule has 9 heteroatoms. The maximum absolute atomic E-state index is 13.0. The summed E-state index contributed by atoms with van der Waals surface area (Å²) in [4.78, 5) is 13.0. The molecule has 0 spiro atoms. The van der Waals surface area contributed by atoms with Crippen molar-refractivity contribution in [2.45, 2.75) is 230 Å². The number of aliphatic hydroxyl groups excluding tert-OH is 5. The van der Waals surface area contributed by atoms with Crippen LogP contribution in [0.1, 0.15) is 187 Å². The third-order valence-electron chi connectivity index (χ3n) is 12.1. The molecule has 1 aliphatic heterocycles. The van der Waals surface area contributed by atoms with E-state index in [-0.39, 0.29) is 12.5 Å². The first-order valence-electron chi connectivity index (χ1n) is 28.1. The first-order chi connectivity index (χ1) is 35.3. The van der Waals surface area contributed by atoms with E-state index in [1.165, 1.54) is 38.5 Å². The van der Waals surface area contributed by atoms with Crippen molar-refractivity contribution in [2.24, 2.45) is 0 Å². The summed E-state index contributed by atoms with van der Waals surface area (Å²) in [7, 11) is 0. The van der Waals surface area contributed by atoms with Gasteiger partial charge in [0.25, 0.3) is 0 Å². The van der Waals surface area contributed by atoms with Gasteiger partial charge in [-0.2, -0.15) is 0 Å². The number of unbranched alkanes of at least 4 members (excludes halogenated alkanes) is 13. The van der Waals surface area contributed by atoms with Gasteiger partial charge in [0.05, 0.1) is 25.4 Å². The average Bonchev–Trinajstić information content (AvgIpc) is 3.38. The average molecular weight is 1000 g/mol. The molecule has 0 aliphatic carbocycles. The number of hydrogen-bond donors (Lipinski definition) is 6. The summed E-state index contributed by atoms with van der Waals surface area (Å²) in [6.45, 7) is 3.59. The summed E-state index contributed by atoms with van der Waals surface area (Å²) in [6.07, 6.45) is 72.0. The van der Waals surface area contributed by atoms with E-state index in [0.29, 0.717) is 6.42 Å². The molecule has 0 aromatic heterocycles. The van der Waals surface area contributed by atoms with Gasteiger partial charge in [-0.25, -0.2) is 0 Å². The molecule has 0 bridgehead atoms. The molecule has 1 fully saturated rings. The normalized spacial score (nSPS) is 20.3. The molecule has 1 aliphatic rings. The Balaban J connectivity index is 2.21. The van der Waals surface area contributed by atoms with Gasteiger partial charge in [0.2, 0.25) is 5.91 Å². The van der Waals surface area contributed by atoms with Gasteiger partial charge in [-0.1, -0.05) is 217 Å². The molecule has 6 N–H and O–H groups in total. The Labute approximate surface area is 438 Å². The highest BCUT2D eigenvalue weighted by Gasteiger charge is 2.44. The van der Waals surface area contributed by atoms with E-state index < -0.39 is 49.5 Å². The van der Waals surface area contributed by atoms with Gasteiger partial charge in [-0.15, -0.1) is 0 Å². The lowest BCUT2D eigenvalue weighted by Gasteiger charge is -2.40. The van der Waals surface area contributed by atoms with Crippen LogP contribution in [0.4, 0.5) is 0 Å². The summed E-state index contributed by atoms with van der Waals surface area (Å²) < 4.78 is 11.2. The fourth-order valence-electron chi connectivity index (χ4n) is 7.73. The Morgan fingerprint density at radius 1 is 0.486 bits per heavy atom. The van der Waals surface area contributed by atoms with E-state index in [4.69, 9.17) is 9.47 Å². The van der Waals surface area contributed by atoms with Crippen LogP contribution in [0, 0.1) is 0 Å². The Kier molecular flexibility index (Phi) is 46.4. The van der Waals surface area contributed by atoms with Gasteiger partial charge >= 0.3 is 0 Å². The molecule has 0 aromatic rings. The minimum Gasteiger partial charge on any atom is -0.394 e. The summed E-state index contributed by atoms with van der Waals surface area (Å²) in [5.74, 6) is -0.210. The van der Waals surface area contributed by atoms with Crippen LogP contribution in [0.5, 0.6) is 0 Å². The van der Waals surface area contributed by atoms with Crippen LogP contribution in [0.2, 0.25) is 0 Å². The van der Waals surface area contributed by atoms with Gasteiger partial charge in [0.1, 0.15) is 24.4 Å².